The van der Waals surface area contributed by atoms with E-state index >= 15 is 0 Å². The molecule has 1 N–H and O–H groups in total. The van der Waals surface area contributed by atoms with Crippen LogP contribution in [0.5, 0.6) is 5.88 Å². The Hall–Kier alpha value is -0.290. The Kier molecular flexibility index (Phi) is 3.34. The molecule has 0 amide bonds. The molecule has 1 rings (SSSR count). The minimum absolute atomic E-state index is 0.0677. The van der Waals surface area contributed by atoms with Crippen LogP contribution in [0.3, 0.4) is 0 Å². The van der Waals surface area contributed by atoms with Gasteiger partial charge in [0.15, 0.2) is 0 Å². The van der Waals surface area contributed by atoms with E-state index in [1.54, 1.807) is 0 Å². The predicted molar refractivity (Wildman–Crippen MR) is 53.2 cm³/mol. The first-order chi connectivity index (χ1) is 5.61. The van der Waals surface area contributed by atoms with Crippen molar-refractivity contribution in [2.75, 3.05) is 0 Å². The van der Waals surface area contributed by atoms with Crippen LogP contribution in [0.1, 0.15) is 13.3 Å². The van der Waals surface area contributed by atoms with E-state index in [-0.39, 0.29) is 10.8 Å². The molecule has 0 radical (unpaired) electrons. The second kappa shape index (κ2) is 4.09. The van der Waals surface area contributed by atoms with Crippen LogP contribution >= 0.6 is 27.3 Å². The molecule has 1 atom stereocenters. The Morgan fingerprint density at radius 2 is 2.50 bits per heavy atom. The fourth-order valence-corrected chi connectivity index (χ4v) is 1.69. The number of hydrogen-bond acceptors (Lipinski definition) is 3. The highest BCUT2D eigenvalue weighted by molar-refractivity contribution is 9.09. The number of halogens is 1. The van der Waals surface area contributed by atoms with Crippen LogP contribution in [0, 0.1) is 0 Å². The lowest BCUT2D eigenvalue weighted by molar-refractivity contribution is 0.410. The van der Waals surface area contributed by atoms with Gasteiger partial charge >= 0.3 is 4.87 Å². The van der Waals surface area contributed by atoms with Gasteiger partial charge < -0.3 is 5.11 Å². The minimum Gasteiger partial charge on any atom is -0.494 e. The van der Waals surface area contributed by atoms with E-state index < -0.39 is 0 Å². The first-order valence-corrected chi connectivity index (χ1v) is 5.42. The number of hydrogen-bond donors (Lipinski definition) is 1. The topological polar surface area (TPSA) is 42.2 Å². The van der Waals surface area contributed by atoms with Gasteiger partial charge in [0.25, 0.3) is 0 Å². The zero-order valence-corrected chi connectivity index (χ0v) is 9.06. The smallest absolute Gasteiger partial charge is 0.309 e. The standard InChI is InChI=1S/C7H10BrNO2S/c1-5(8)2-3-9-6(10)4-12-7(9)11/h4-5,10H,2-3H2,1H3. The van der Waals surface area contributed by atoms with E-state index in [2.05, 4.69) is 15.9 Å². The number of thiazole rings is 1. The maximum atomic E-state index is 11.1. The van der Waals surface area contributed by atoms with Crippen molar-refractivity contribution in [1.29, 1.82) is 0 Å². The van der Waals surface area contributed by atoms with Crippen LogP contribution in [0.25, 0.3) is 0 Å². The average molecular weight is 252 g/mol. The number of aromatic nitrogens is 1. The highest BCUT2D eigenvalue weighted by Gasteiger charge is 2.05. The molecule has 0 fully saturated rings. The van der Waals surface area contributed by atoms with Gasteiger partial charge in [-0.1, -0.05) is 34.2 Å². The molecular weight excluding hydrogens is 242 g/mol. The molecule has 1 unspecified atom stereocenters. The van der Waals surface area contributed by atoms with E-state index in [1.165, 1.54) is 9.95 Å². The van der Waals surface area contributed by atoms with Crippen LogP contribution in [0.4, 0.5) is 0 Å². The molecule has 1 aromatic rings. The molecule has 0 saturated carbocycles. The maximum absolute atomic E-state index is 11.1. The first-order valence-electron chi connectivity index (χ1n) is 3.62. The molecule has 12 heavy (non-hydrogen) atoms. The molecule has 68 valence electrons. The van der Waals surface area contributed by atoms with Crippen molar-refractivity contribution in [3.8, 4) is 5.88 Å². The number of aromatic hydroxyl groups is 1. The summed E-state index contributed by atoms with van der Waals surface area (Å²) < 4.78 is 1.38. The first kappa shape index (κ1) is 9.80. The summed E-state index contributed by atoms with van der Waals surface area (Å²) >= 11 is 4.40. The van der Waals surface area contributed by atoms with Gasteiger partial charge in [0.2, 0.25) is 5.88 Å². The number of alkyl halides is 1. The van der Waals surface area contributed by atoms with Gasteiger partial charge in [-0.15, -0.1) is 0 Å². The zero-order chi connectivity index (χ0) is 9.14. The molecule has 0 aliphatic rings. The van der Waals surface area contributed by atoms with Crippen molar-refractivity contribution >= 4 is 27.3 Å². The Bertz CT molecular complexity index is 305. The van der Waals surface area contributed by atoms with Crippen molar-refractivity contribution in [2.24, 2.45) is 0 Å². The third kappa shape index (κ3) is 2.35. The quantitative estimate of drug-likeness (QED) is 0.833. The molecule has 1 aromatic heterocycles. The molecule has 0 spiro atoms. The van der Waals surface area contributed by atoms with Crippen molar-refractivity contribution in [2.45, 2.75) is 24.7 Å². The van der Waals surface area contributed by atoms with Gasteiger partial charge in [-0.05, 0) is 6.42 Å². The second-order valence-electron chi connectivity index (χ2n) is 2.58. The SMILES string of the molecule is CC(Br)CCn1c(O)csc1=O. The van der Waals surface area contributed by atoms with Crippen LogP contribution in [-0.4, -0.2) is 14.5 Å². The lowest BCUT2D eigenvalue weighted by Gasteiger charge is -2.03. The summed E-state index contributed by atoms with van der Waals surface area (Å²) in [4.78, 5) is 11.3. The summed E-state index contributed by atoms with van der Waals surface area (Å²) in [6.07, 6.45) is 0.838. The molecule has 0 aliphatic heterocycles. The van der Waals surface area contributed by atoms with Gasteiger partial charge in [0.05, 0.1) is 5.38 Å². The van der Waals surface area contributed by atoms with E-state index in [4.69, 9.17) is 0 Å². The molecule has 0 saturated heterocycles. The monoisotopic (exact) mass is 251 g/mol. The van der Waals surface area contributed by atoms with Gasteiger partial charge in [-0.25, -0.2) is 0 Å². The summed E-state index contributed by atoms with van der Waals surface area (Å²) in [6.45, 7) is 2.58. The summed E-state index contributed by atoms with van der Waals surface area (Å²) in [7, 11) is 0. The van der Waals surface area contributed by atoms with Crippen molar-refractivity contribution in [1.82, 2.24) is 4.57 Å². The fourth-order valence-electron chi connectivity index (χ4n) is 0.837. The van der Waals surface area contributed by atoms with E-state index in [0.29, 0.717) is 11.4 Å². The summed E-state index contributed by atoms with van der Waals surface area (Å²) in [5.74, 6) is 0.0677. The Morgan fingerprint density at radius 1 is 1.83 bits per heavy atom. The summed E-state index contributed by atoms with van der Waals surface area (Å²) in [6, 6.07) is 0. The van der Waals surface area contributed by atoms with Gasteiger partial charge in [0.1, 0.15) is 0 Å². The van der Waals surface area contributed by atoms with Crippen LogP contribution < -0.4 is 4.87 Å². The highest BCUT2D eigenvalue weighted by Crippen LogP contribution is 2.12. The predicted octanol–water partition coefficient (Wildman–Crippen LogP) is 1.79. The second-order valence-corrected chi connectivity index (χ2v) is 4.96. The molecule has 1 heterocycles. The fraction of sp³-hybridized carbons (Fsp3) is 0.571. The summed E-state index contributed by atoms with van der Waals surface area (Å²) in [5, 5.41) is 10.7. The molecule has 0 bridgehead atoms. The zero-order valence-electron chi connectivity index (χ0n) is 6.66. The molecular formula is C7H10BrNO2S. The van der Waals surface area contributed by atoms with Gasteiger partial charge in [0, 0.05) is 11.4 Å². The average Bonchev–Trinajstić information content (AvgIpc) is 2.28. The van der Waals surface area contributed by atoms with Crippen LogP contribution in [-0.2, 0) is 6.54 Å². The van der Waals surface area contributed by atoms with Gasteiger partial charge in [-0.3, -0.25) is 9.36 Å². The summed E-state index contributed by atoms with van der Waals surface area (Å²) in [5.41, 5.74) is 0. The lowest BCUT2D eigenvalue weighted by Crippen LogP contribution is -2.14. The lowest BCUT2D eigenvalue weighted by atomic mass is 10.3. The molecule has 3 nitrogen and oxygen atoms in total. The third-order valence-corrected chi connectivity index (χ3v) is 2.72. The molecule has 0 aromatic carbocycles. The van der Waals surface area contributed by atoms with Crippen LogP contribution in [0.2, 0.25) is 0 Å². The number of nitrogens with zero attached hydrogens (tertiary/aromatic N) is 1. The Labute approximate surface area is 82.8 Å². The molecule has 0 aliphatic carbocycles. The normalized spacial score (nSPS) is 13.2. The van der Waals surface area contributed by atoms with E-state index in [1.807, 2.05) is 6.92 Å². The Balaban J connectivity index is 2.68. The minimum atomic E-state index is -0.0966. The van der Waals surface area contributed by atoms with Crippen molar-refractivity contribution < 1.29 is 5.11 Å². The maximum Gasteiger partial charge on any atom is 0.309 e. The van der Waals surface area contributed by atoms with Crippen molar-refractivity contribution in [3.05, 3.63) is 15.0 Å². The van der Waals surface area contributed by atoms with Crippen LogP contribution in [0.15, 0.2) is 10.2 Å². The van der Waals surface area contributed by atoms with Gasteiger partial charge in [-0.2, -0.15) is 0 Å². The highest BCUT2D eigenvalue weighted by atomic mass is 79.9. The Morgan fingerprint density at radius 3 is 2.92 bits per heavy atom. The van der Waals surface area contributed by atoms with Crippen molar-refractivity contribution in [3.63, 3.8) is 0 Å². The molecule has 5 heteroatoms. The van der Waals surface area contributed by atoms with E-state index in [9.17, 15) is 9.90 Å². The number of rotatable bonds is 3. The van der Waals surface area contributed by atoms with E-state index in [0.717, 1.165) is 17.8 Å². The third-order valence-electron chi connectivity index (χ3n) is 1.51. The largest absolute Gasteiger partial charge is 0.494 e.